The molecule has 0 fully saturated rings. The first-order chi connectivity index (χ1) is 6.70. The number of tetrazole rings is 1. The Kier molecular flexibility index (Phi) is 4.31. The molecule has 1 rings (SSSR count). The van der Waals surface area contributed by atoms with Crippen LogP contribution in [-0.2, 0) is 7.05 Å². The highest BCUT2D eigenvalue weighted by Gasteiger charge is 2.01. The third-order valence-electron chi connectivity index (χ3n) is 1.69. The third kappa shape index (κ3) is 3.69. The van der Waals surface area contributed by atoms with Crippen molar-refractivity contribution in [1.29, 1.82) is 0 Å². The van der Waals surface area contributed by atoms with Crippen LogP contribution >= 0.6 is 0 Å². The first-order valence-electron chi connectivity index (χ1n) is 4.78. The Morgan fingerprint density at radius 2 is 2.29 bits per heavy atom. The minimum Gasteiger partial charge on any atom is -0.462 e. The van der Waals surface area contributed by atoms with E-state index >= 15 is 0 Å². The van der Waals surface area contributed by atoms with Crippen molar-refractivity contribution in [3.63, 3.8) is 0 Å². The van der Waals surface area contributed by atoms with Gasteiger partial charge in [0.25, 0.3) is 0 Å². The van der Waals surface area contributed by atoms with Crippen LogP contribution < -0.4 is 10.1 Å². The van der Waals surface area contributed by atoms with E-state index in [1.165, 1.54) is 4.68 Å². The molecule has 6 nitrogen and oxygen atoms in total. The molecule has 0 aromatic carbocycles. The first-order valence-corrected chi connectivity index (χ1v) is 4.78. The van der Waals surface area contributed by atoms with Crippen LogP contribution in [0.3, 0.4) is 0 Å². The Balaban J connectivity index is 2.08. The summed E-state index contributed by atoms with van der Waals surface area (Å²) < 4.78 is 6.86. The van der Waals surface area contributed by atoms with Crippen molar-refractivity contribution in [2.24, 2.45) is 7.05 Å². The van der Waals surface area contributed by atoms with Crippen LogP contribution in [0, 0.1) is 0 Å². The largest absolute Gasteiger partial charge is 0.462 e. The molecule has 0 saturated carbocycles. The topological polar surface area (TPSA) is 64.9 Å². The highest BCUT2D eigenvalue weighted by atomic mass is 16.5. The summed E-state index contributed by atoms with van der Waals surface area (Å²) in [5, 5.41) is 14.1. The minimum absolute atomic E-state index is 0.467. The maximum atomic E-state index is 5.35. The summed E-state index contributed by atoms with van der Waals surface area (Å²) in [5.41, 5.74) is 0. The van der Waals surface area contributed by atoms with Crippen molar-refractivity contribution in [3.05, 3.63) is 0 Å². The van der Waals surface area contributed by atoms with E-state index in [1.807, 2.05) is 0 Å². The van der Waals surface area contributed by atoms with Crippen LogP contribution in [0.4, 0.5) is 0 Å². The molecule has 1 N–H and O–H groups in total. The van der Waals surface area contributed by atoms with Gasteiger partial charge in [-0.25, -0.2) is 0 Å². The summed E-state index contributed by atoms with van der Waals surface area (Å²) in [7, 11) is 1.75. The third-order valence-corrected chi connectivity index (χ3v) is 1.69. The van der Waals surface area contributed by atoms with E-state index in [1.54, 1.807) is 7.05 Å². The predicted octanol–water partition coefficient (Wildman–Crippen LogP) is -0.0230. The quantitative estimate of drug-likeness (QED) is 0.652. The molecule has 80 valence electrons. The lowest BCUT2D eigenvalue weighted by atomic mass is 10.3. The fourth-order valence-electron chi connectivity index (χ4n) is 0.970. The van der Waals surface area contributed by atoms with Crippen molar-refractivity contribution >= 4 is 0 Å². The number of aryl methyl sites for hydroxylation is 1. The van der Waals surface area contributed by atoms with Crippen LogP contribution in [0.15, 0.2) is 0 Å². The zero-order valence-corrected chi connectivity index (χ0v) is 8.90. The molecule has 14 heavy (non-hydrogen) atoms. The van der Waals surface area contributed by atoms with Gasteiger partial charge in [0.2, 0.25) is 0 Å². The molecule has 0 spiro atoms. The van der Waals surface area contributed by atoms with Gasteiger partial charge in [-0.2, -0.15) is 4.68 Å². The van der Waals surface area contributed by atoms with Gasteiger partial charge in [0.1, 0.15) is 0 Å². The number of hydrogen-bond donors (Lipinski definition) is 1. The maximum absolute atomic E-state index is 5.35. The van der Waals surface area contributed by atoms with E-state index in [0.717, 1.165) is 13.0 Å². The molecule has 6 heteroatoms. The maximum Gasteiger partial charge on any atom is 0.335 e. The van der Waals surface area contributed by atoms with Crippen LogP contribution in [0.5, 0.6) is 6.01 Å². The van der Waals surface area contributed by atoms with Gasteiger partial charge in [-0.15, -0.1) is 0 Å². The Hall–Kier alpha value is -1.17. The lowest BCUT2D eigenvalue weighted by Crippen LogP contribution is -2.25. The van der Waals surface area contributed by atoms with Gasteiger partial charge in [0.05, 0.1) is 6.61 Å². The highest BCUT2D eigenvalue weighted by molar-refractivity contribution is 4.84. The second-order valence-corrected chi connectivity index (χ2v) is 3.40. The van der Waals surface area contributed by atoms with Gasteiger partial charge in [-0.3, -0.25) is 0 Å². The van der Waals surface area contributed by atoms with Gasteiger partial charge in [-0.05, 0) is 23.4 Å². The normalized spacial score (nSPS) is 10.9. The van der Waals surface area contributed by atoms with Crippen molar-refractivity contribution in [2.75, 3.05) is 13.2 Å². The molecule has 0 amide bonds. The monoisotopic (exact) mass is 199 g/mol. The molecule has 0 aliphatic heterocycles. The Labute approximate surface area is 83.6 Å². The molecule has 0 aliphatic rings. The summed E-state index contributed by atoms with van der Waals surface area (Å²) in [6.07, 6.45) is 0.949. The molecule has 1 heterocycles. The van der Waals surface area contributed by atoms with Crippen LogP contribution in [0.1, 0.15) is 20.3 Å². The molecule has 0 saturated heterocycles. The molecule has 0 aliphatic carbocycles. The summed E-state index contributed by atoms with van der Waals surface area (Å²) >= 11 is 0. The van der Waals surface area contributed by atoms with E-state index < -0.39 is 0 Å². The molecule has 0 bridgehead atoms. The van der Waals surface area contributed by atoms with Crippen LogP contribution in [0.2, 0.25) is 0 Å². The fourth-order valence-corrected chi connectivity index (χ4v) is 0.970. The van der Waals surface area contributed by atoms with Gasteiger partial charge >= 0.3 is 6.01 Å². The van der Waals surface area contributed by atoms with Gasteiger partial charge in [-0.1, -0.05) is 18.9 Å². The molecule has 0 unspecified atom stereocenters. The average molecular weight is 199 g/mol. The summed E-state index contributed by atoms with van der Waals surface area (Å²) in [4.78, 5) is 0. The molecular weight excluding hydrogens is 182 g/mol. The second kappa shape index (κ2) is 5.54. The summed E-state index contributed by atoms with van der Waals surface area (Å²) in [5.74, 6) is 0. The molecule has 0 radical (unpaired) electrons. The predicted molar refractivity (Wildman–Crippen MR) is 52.0 cm³/mol. The van der Waals surface area contributed by atoms with Crippen molar-refractivity contribution < 1.29 is 4.74 Å². The number of rotatable bonds is 6. The van der Waals surface area contributed by atoms with E-state index in [0.29, 0.717) is 18.7 Å². The summed E-state index contributed by atoms with van der Waals surface area (Å²) in [6, 6.07) is 0.987. The van der Waals surface area contributed by atoms with Crippen molar-refractivity contribution in [1.82, 2.24) is 25.5 Å². The number of nitrogens with one attached hydrogen (secondary N) is 1. The van der Waals surface area contributed by atoms with E-state index in [2.05, 4.69) is 34.7 Å². The second-order valence-electron chi connectivity index (χ2n) is 3.40. The fraction of sp³-hybridized carbons (Fsp3) is 0.875. The van der Waals surface area contributed by atoms with E-state index in [-0.39, 0.29) is 0 Å². The average Bonchev–Trinajstić information content (AvgIpc) is 2.51. The lowest BCUT2D eigenvalue weighted by Gasteiger charge is -2.07. The number of nitrogens with zero attached hydrogens (tertiary/aromatic N) is 4. The molecular formula is C8H17N5O. The zero-order valence-electron chi connectivity index (χ0n) is 8.90. The van der Waals surface area contributed by atoms with Crippen LogP contribution in [0.25, 0.3) is 0 Å². The smallest absolute Gasteiger partial charge is 0.335 e. The lowest BCUT2D eigenvalue weighted by molar-refractivity contribution is 0.270. The van der Waals surface area contributed by atoms with Gasteiger partial charge in [0, 0.05) is 13.1 Å². The minimum atomic E-state index is 0.467. The van der Waals surface area contributed by atoms with Gasteiger partial charge in [0.15, 0.2) is 0 Å². The van der Waals surface area contributed by atoms with Crippen molar-refractivity contribution in [2.45, 2.75) is 26.3 Å². The Morgan fingerprint density at radius 3 is 2.86 bits per heavy atom. The highest BCUT2D eigenvalue weighted by Crippen LogP contribution is 1.99. The van der Waals surface area contributed by atoms with Crippen LogP contribution in [-0.4, -0.2) is 39.4 Å². The van der Waals surface area contributed by atoms with Gasteiger partial charge < -0.3 is 10.1 Å². The molecule has 0 atom stereocenters. The number of aromatic nitrogens is 4. The molecule has 1 aromatic heterocycles. The van der Waals surface area contributed by atoms with E-state index in [9.17, 15) is 0 Å². The first kappa shape index (κ1) is 10.9. The number of ether oxygens (including phenoxy) is 1. The Bertz CT molecular complexity index is 260. The number of hydrogen-bond acceptors (Lipinski definition) is 5. The zero-order chi connectivity index (χ0) is 10.4. The standard InChI is InChI=1S/C8H17N5O/c1-7(2)9-5-4-6-14-8-10-11-12-13(8)3/h7,9H,4-6H2,1-3H3. The SMILES string of the molecule is CC(C)NCCCOc1nnnn1C. The van der Waals surface area contributed by atoms with E-state index in [4.69, 9.17) is 4.74 Å². The molecule has 1 aromatic rings. The summed E-state index contributed by atoms with van der Waals surface area (Å²) in [6.45, 7) is 5.82. The van der Waals surface area contributed by atoms with Crippen molar-refractivity contribution in [3.8, 4) is 6.01 Å². The Morgan fingerprint density at radius 1 is 1.50 bits per heavy atom.